The summed E-state index contributed by atoms with van der Waals surface area (Å²) < 4.78 is 5.49. The minimum absolute atomic E-state index is 0.00109. The Hall–Kier alpha value is -1.66. The summed E-state index contributed by atoms with van der Waals surface area (Å²) in [5.74, 6) is -0.0383. The van der Waals surface area contributed by atoms with Gasteiger partial charge in [-0.1, -0.05) is 308 Å². The Morgan fingerprint density at radius 1 is 0.394 bits per heavy atom. The molecule has 0 saturated carbocycles. The van der Waals surface area contributed by atoms with Crippen LogP contribution in [0.1, 0.15) is 354 Å². The molecule has 6 nitrogen and oxygen atoms in total. The second-order valence-electron chi connectivity index (χ2n) is 22.1. The first kappa shape index (κ1) is 69.3. The van der Waals surface area contributed by atoms with Gasteiger partial charge in [-0.3, -0.25) is 9.59 Å². The van der Waals surface area contributed by atoms with Gasteiger partial charge in [0.05, 0.1) is 25.4 Å². The van der Waals surface area contributed by atoms with E-state index in [1.807, 2.05) is 0 Å². The number of hydrogen-bond acceptors (Lipinski definition) is 5. The van der Waals surface area contributed by atoms with Crippen molar-refractivity contribution < 1.29 is 24.5 Å². The van der Waals surface area contributed by atoms with Crippen LogP contribution in [0, 0.1) is 0 Å². The van der Waals surface area contributed by atoms with Crippen molar-refractivity contribution in [3.8, 4) is 0 Å². The van der Waals surface area contributed by atoms with Crippen LogP contribution in [0.4, 0.5) is 0 Å². The normalized spacial score (nSPS) is 12.7. The number of ether oxygens (including phenoxy) is 1. The van der Waals surface area contributed by atoms with E-state index in [1.54, 1.807) is 0 Å². The maximum absolute atomic E-state index is 12.5. The monoisotopic (exact) mass is 1000 g/mol. The Morgan fingerprint density at radius 2 is 0.704 bits per heavy atom. The zero-order valence-corrected chi connectivity index (χ0v) is 48.0. The molecular weight excluding hydrogens is 875 g/mol. The van der Waals surface area contributed by atoms with Crippen molar-refractivity contribution in [2.24, 2.45) is 0 Å². The van der Waals surface area contributed by atoms with E-state index in [1.165, 1.54) is 270 Å². The first-order valence-corrected chi connectivity index (χ1v) is 32.1. The Morgan fingerprint density at radius 3 is 1.08 bits per heavy atom. The molecule has 0 radical (unpaired) electrons. The van der Waals surface area contributed by atoms with Crippen molar-refractivity contribution >= 4 is 11.9 Å². The molecule has 0 aromatic rings. The highest BCUT2D eigenvalue weighted by Crippen LogP contribution is 2.18. The second kappa shape index (κ2) is 60.9. The van der Waals surface area contributed by atoms with Crippen molar-refractivity contribution in [1.82, 2.24) is 5.32 Å². The molecule has 0 aliphatic carbocycles. The highest BCUT2D eigenvalue weighted by molar-refractivity contribution is 5.76. The van der Waals surface area contributed by atoms with Gasteiger partial charge in [0, 0.05) is 12.8 Å². The van der Waals surface area contributed by atoms with Gasteiger partial charge in [-0.15, -0.1) is 0 Å². The van der Waals surface area contributed by atoms with Gasteiger partial charge in [0.15, 0.2) is 0 Å². The highest BCUT2D eigenvalue weighted by atomic mass is 16.5. The van der Waals surface area contributed by atoms with E-state index in [4.69, 9.17) is 4.74 Å². The first-order valence-electron chi connectivity index (χ1n) is 32.1. The molecule has 420 valence electrons. The maximum atomic E-state index is 12.5. The highest BCUT2D eigenvalue weighted by Gasteiger charge is 2.20. The van der Waals surface area contributed by atoms with Crippen LogP contribution in [0.5, 0.6) is 0 Å². The molecule has 71 heavy (non-hydrogen) atoms. The third-order valence-corrected chi connectivity index (χ3v) is 15.0. The molecule has 2 atom stereocenters. The van der Waals surface area contributed by atoms with Gasteiger partial charge < -0.3 is 20.3 Å². The smallest absolute Gasteiger partial charge is 0.305 e. The van der Waals surface area contributed by atoms with E-state index in [0.29, 0.717) is 25.9 Å². The zero-order chi connectivity index (χ0) is 51.4. The van der Waals surface area contributed by atoms with E-state index in [2.05, 4.69) is 43.5 Å². The number of nitrogens with one attached hydrogen (secondary N) is 1. The molecule has 0 aromatic heterocycles. The number of unbranched alkanes of at least 4 members (excludes halogenated alkanes) is 45. The third kappa shape index (κ3) is 57.5. The molecule has 1 amide bonds. The van der Waals surface area contributed by atoms with Crippen molar-refractivity contribution in [2.45, 2.75) is 366 Å². The largest absolute Gasteiger partial charge is 0.466 e. The lowest BCUT2D eigenvalue weighted by atomic mass is 10.0. The van der Waals surface area contributed by atoms with Crippen LogP contribution in [-0.2, 0) is 14.3 Å². The molecule has 3 N–H and O–H groups in total. The summed E-state index contributed by atoms with van der Waals surface area (Å²) in [7, 11) is 0. The van der Waals surface area contributed by atoms with Gasteiger partial charge >= 0.3 is 5.97 Å². The molecule has 0 aliphatic rings. The zero-order valence-electron chi connectivity index (χ0n) is 48.0. The standard InChI is InChI=1S/C65H125NO5/c1-3-5-7-9-11-13-15-17-19-21-23-25-29-33-37-41-45-49-53-57-63(68)62(61-67)66-64(69)58-54-50-46-42-38-34-30-26-24-28-32-36-40-44-48-52-56-60-71-65(70)59-55-51-47-43-39-35-31-27-22-20-18-16-14-12-10-8-6-4-2/h14,16,20,22,62-63,67-68H,3-13,15,17-19,21,23-61H2,1-2H3,(H,66,69)/b16-14-,22-20-. The van der Waals surface area contributed by atoms with E-state index in [0.717, 1.165) is 51.4 Å². The molecule has 0 aromatic carbocycles. The third-order valence-electron chi connectivity index (χ3n) is 15.0. The van der Waals surface area contributed by atoms with Gasteiger partial charge in [0.25, 0.3) is 0 Å². The fourth-order valence-electron chi connectivity index (χ4n) is 10.1. The topological polar surface area (TPSA) is 95.9 Å². The Bertz CT molecular complexity index is 1110. The van der Waals surface area contributed by atoms with E-state index < -0.39 is 12.1 Å². The van der Waals surface area contributed by atoms with Gasteiger partial charge in [-0.25, -0.2) is 0 Å². The van der Waals surface area contributed by atoms with Crippen molar-refractivity contribution in [2.75, 3.05) is 13.2 Å². The van der Waals surface area contributed by atoms with Crippen LogP contribution in [0.15, 0.2) is 24.3 Å². The molecule has 0 rings (SSSR count). The van der Waals surface area contributed by atoms with E-state index in [-0.39, 0.29) is 18.5 Å². The summed E-state index contributed by atoms with van der Waals surface area (Å²) in [6, 6.07) is -0.546. The number of carbonyl (C=O) groups excluding carboxylic acids is 2. The second-order valence-corrected chi connectivity index (χ2v) is 22.1. The number of carbonyl (C=O) groups is 2. The molecule has 0 saturated heterocycles. The summed E-state index contributed by atoms with van der Waals surface area (Å²) >= 11 is 0. The predicted molar refractivity (Wildman–Crippen MR) is 310 cm³/mol. The number of aliphatic hydroxyl groups excluding tert-OH is 2. The molecule has 0 heterocycles. The SMILES string of the molecule is CCCCCC/C=C\C/C=C\CCCCCCCCCC(=O)OCCCCCCCCCCCCCCCCCCCC(=O)NC(CO)C(O)CCCCCCCCCCCCCCCCCCCCC. The number of allylic oxidation sites excluding steroid dienone is 4. The summed E-state index contributed by atoms with van der Waals surface area (Å²) in [5, 5.41) is 23.4. The molecule has 6 heteroatoms. The lowest BCUT2D eigenvalue weighted by molar-refractivity contribution is -0.143. The van der Waals surface area contributed by atoms with Crippen LogP contribution in [0.2, 0.25) is 0 Å². The molecule has 2 unspecified atom stereocenters. The van der Waals surface area contributed by atoms with Gasteiger partial charge in [0.1, 0.15) is 0 Å². The average molecular weight is 1000 g/mol. The molecule has 0 spiro atoms. The predicted octanol–water partition coefficient (Wildman–Crippen LogP) is 20.2. The lowest BCUT2D eigenvalue weighted by Crippen LogP contribution is -2.45. The average Bonchev–Trinajstić information content (AvgIpc) is 3.37. The molecule has 0 bridgehead atoms. The number of aliphatic hydroxyl groups is 2. The Kier molecular flexibility index (Phi) is 59.5. The minimum Gasteiger partial charge on any atom is -0.466 e. The van der Waals surface area contributed by atoms with E-state index in [9.17, 15) is 19.8 Å². The van der Waals surface area contributed by atoms with Crippen LogP contribution in [0.25, 0.3) is 0 Å². The van der Waals surface area contributed by atoms with Crippen LogP contribution >= 0.6 is 0 Å². The fourth-order valence-corrected chi connectivity index (χ4v) is 10.1. The fraction of sp³-hybridized carbons (Fsp3) is 0.908. The van der Waals surface area contributed by atoms with Crippen LogP contribution in [-0.4, -0.2) is 47.4 Å². The van der Waals surface area contributed by atoms with Crippen molar-refractivity contribution in [3.63, 3.8) is 0 Å². The summed E-state index contributed by atoms with van der Waals surface area (Å²) in [6.07, 6.45) is 74.7. The summed E-state index contributed by atoms with van der Waals surface area (Å²) in [6.45, 7) is 4.95. The van der Waals surface area contributed by atoms with Crippen LogP contribution in [0.3, 0.4) is 0 Å². The number of amides is 1. The van der Waals surface area contributed by atoms with Gasteiger partial charge in [-0.05, 0) is 57.8 Å². The van der Waals surface area contributed by atoms with Gasteiger partial charge in [0.2, 0.25) is 5.91 Å². The summed E-state index contributed by atoms with van der Waals surface area (Å²) in [4.78, 5) is 24.6. The number of rotatable bonds is 60. The van der Waals surface area contributed by atoms with E-state index >= 15 is 0 Å². The molecular formula is C65H125NO5. The Balaban J connectivity index is 3.41. The Labute approximate surface area is 443 Å². The van der Waals surface area contributed by atoms with Crippen molar-refractivity contribution in [1.29, 1.82) is 0 Å². The lowest BCUT2D eigenvalue weighted by Gasteiger charge is -2.22. The number of hydrogen-bond donors (Lipinski definition) is 3. The quantitative estimate of drug-likeness (QED) is 0.0320. The minimum atomic E-state index is -0.669. The first-order chi connectivity index (χ1) is 35.0. The molecule has 0 aliphatic heterocycles. The van der Waals surface area contributed by atoms with Crippen molar-refractivity contribution in [3.05, 3.63) is 24.3 Å². The summed E-state index contributed by atoms with van der Waals surface area (Å²) in [5.41, 5.74) is 0. The maximum Gasteiger partial charge on any atom is 0.305 e. The number of esters is 1. The molecule has 0 fully saturated rings. The van der Waals surface area contributed by atoms with Crippen LogP contribution < -0.4 is 5.32 Å². The van der Waals surface area contributed by atoms with Gasteiger partial charge in [-0.2, -0.15) is 0 Å².